The molecule has 2 aromatic carbocycles. The van der Waals surface area contributed by atoms with E-state index in [0.29, 0.717) is 44.3 Å². The number of esters is 2. The first kappa shape index (κ1) is 24.8. The van der Waals surface area contributed by atoms with Gasteiger partial charge in [-0.3, -0.25) is 9.67 Å². The molecule has 0 amide bonds. The predicted octanol–water partition coefficient (Wildman–Crippen LogP) is 4.47. The highest BCUT2D eigenvalue weighted by Gasteiger charge is 2.23. The standard InChI is InChI=1S/C27H21ClN6O4/c1-34-11-9-20(33-34)23-22(18-12-17-4-3-10-30-21(17)19(28)13-18)31-24(25(29)32-23)27(36)38-14-15-5-7-16(8-6-15)26(35)37-2/h3-13H,14H2,1-2H3,(H2,29,32). The number of hydrogen-bond acceptors (Lipinski definition) is 9. The number of halogens is 1. The van der Waals surface area contributed by atoms with Gasteiger partial charge in [0, 0.05) is 30.4 Å². The Labute approximate surface area is 222 Å². The van der Waals surface area contributed by atoms with Crippen molar-refractivity contribution in [2.45, 2.75) is 6.61 Å². The van der Waals surface area contributed by atoms with Crippen molar-refractivity contribution in [1.82, 2.24) is 24.7 Å². The van der Waals surface area contributed by atoms with Crippen molar-refractivity contribution in [3.63, 3.8) is 0 Å². The molecule has 0 atom stereocenters. The van der Waals surface area contributed by atoms with E-state index in [1.54, 1.807) is 66.6 Å². The fourth-order valence-corrected chi connectivity index (χ4v) is 4.15. The van der Waals surface area contributed by atoms with Crippen LogP contribution in [0.25, 0.3) is 33.5 Å². The van der Waals surface area contributed by atoms with Crippen LogP contribution in [0.15, 0.2) is 67.0 Å². The molecule has 2 N–H and O–H groups in total. The van der Waals surface area contributed by atoms with Crippen molar-refractivity contribution in [3.8, 4) is 22.6 Å². The highest BCUT2D eigenvalue weighted by Crippen LogP contribution is 2.34. The van der Waals surface area contributed by atoms with Crippen LogP contribution in [0.3, 0.4) is 0 Å². The lowest BCUT2D eigenvalue weighted by molar-refractivity contribution is 0.0465. The molecule has 0 spiro atoms. The molecule has 3 heterocycles. The minimum absolute atomic E-state index is 0.0633. The first-order chi connectivity index (χ1) is 18.3. The van der Waals surface area contributed by atoms with Crippen molar-refractivity contribution < 1.29 is 19.1 Å². The van der Waals surface area contributed by atoms with E-state index in [-0.39, 0.29) is 18.1 Å². The lowest BCUT2D eigenvalue weighted by Crippen LogP contribution is -2.14. The van der Waals surface area contributed by atoms with Gasteiger partial charge < -0.3 is 15.2 Å². The summed E-state index contributed by atoms with van der Waals surface area (Å²) < 4.78 is 11.8. The summed E-state index contributed by atoms with van der Waals surface area (Å²) in [6, 6.07) is 15.5. The third-order valence-electron chi connectivity index (χ3n) is 5.75. The number of aryl methyl sites for hydroxylation is 1. The maximum Gasteiger partial charge on any atom is 0.361 e. The quantitative estimate of drug-likeness (QED) is 0.316. The summed E-state index contributed by atoms with van der Waals surface area (Å²) >= 11 is 6.53. The van der Waals surface area contributed by atoms with E-state index in [9.17, 15) is 9.59 Å². The van der Waals surface area contributed by atoms with E-state index in [0.717, 1.165) is 5.39 Å². The van der Waals surface area contributed by atoms with Crippen molar-refractivity contribution >= 4 is 40.3 Å². The summed E-state index contributed by atoms with van der Waals surface area (Å²) in [5.74, 6) is -1.31. The second-order valence-electron chi connectivity index (χ2n) is 8.33. The summed E-state index contributed by atoms with van der Waals surface area (Å²) in [7, 11) is 3.08. The predicted molar refractivity (Wildman–Crippen MR) is 141 cm³/mol. The molecule has 10 nitrogen and oxygen atoms in total. The molecule has 0 aliphatic carbocycles. The first-order valence-corrected chi connectivity index (χ1v) is 11.8. The van der Waals surface area contributed by atoms with E-state index >= 15 is 0 Å². The molecule has 0 fully saturated rings. The monoisotopic (exact) mass is 528 g/mol. The van der Waals surface area contributed by atoms with Crippen molar-refractivity contribution in [3.05, 3.63) is 88.8 Å². The lowest BCUT2D eigenvalue weighted by atomic mass is 10.0. The van der Waals surface area contributed by atoms with Crippen LogP contribution in [0.4, 0.5) is 5.82 Å². The molecule has 38 heavy (non-hydrogen) atoms. The number of nitrogens with zero attached hydrogens (tertiary/aromatic N) is 5. The van der Waals surface area contributed by atoms with Crippen molar-refractivity contribution in [2.24, 2.45) is 7.05 Å². The number of anilines is 1. The Kier molecular flexibility index (Phi) is 6.71. The molecule has 3 aromatic heterocycles. The number of benzene rings is 2. The van der Waals surface area contributed by atoms with E-state index in [4.69, 9.17) is 26.8 Å². The fourth-order valence-electron chi connectivity index (χ4n) is 3.88. The van der Waals surface area contributed by atoms with Gasteiger partial charge in [0.2, 0.25) is 0 Å². The van der Waals surface area contributed by atoms with Gasteiger partial charge in [0.25, 0.3) is 0 Å². The highest BCUT2D eigenvalue weighted by molar-refractivity contribution is 6.35. The molecule has 0 saturated carbocycles. The van der Waals surface area contributed by atoms with Gasteiger partial charge in [-0.1, -0.05) is 29.8 Å². The smallest absolute Gasteiger partial charge is 0.361 e. The molecule has 0 radical (unpaired) electrons. The normalized spacial score (nSPS) is 10.9. The van der Waals surface area contributed by atoms with Crippen LogP contribution in [0, 0.1) is 0 Å². The number of ether oxygens (including phenoxy) is 2. The van der Waals surface area contributed by atoms with Gasteiger partial charge >= 0.3 is 11.9 Å². The van der Waals surface area contributed by atoms with E-state index in [2.05, 4.69) is 20.1 Å². The number of methoxy groups -OCH3 is 1. The number of nitrogens with two attached hydrogens (primary N) is 1. The number of hydrogen-bond donors (Lipinski definition) is 1. The second kappa shape index (κ2) is 10.3. The number of carbonyl (C=O) groups is 2. The van der Waals surface area contributed by atoms with Gasteiger partial charge in [-0.25, -0.2) is 19.6 Å². The molecular formula is C27H21ClN6O4. The minimum Gasteiger partial charge on any atom is -0.465 e. The van der Waals surface area contributed by atoms with Gasteiger partial charge in [0.15, 0.2) is 11.5 Å². The van der Waals surface area contributed by atoms with Gasteiger partial charge in [0.1, 0.15) is 18.0 Å². The summed E-state index contributed by atoms with van der Waals surface area (Å²) in [6.07, 6.45) is 3.43. The molecule has 0 saturated heterocycles. The first-order valence-electron chi connectivity index (χ1n) is 11.4. The number of pyridine rings is 1. The Morgan fingerprint density at radius 3 is 2.53 bits per heavy atom. The Morgan fingerprint density at radius 1 is 1.03 bits per heavy atom. The summed E-state index contributed by atoms with van der Waals surface area (Å²) in [5.41, 5.74) is 9.59. The average Bonchev–Trinajstić information content (AvgIpc) is 3.37. The third kappa shape index (κ3) is 4.89. The zero-order chi connectivity index (χ0) is 26.8. The zero-order valence-corrected chi connectivity index (χ0v) is 21.1. The average molecular weight is 529 g/mol. The highest BCUT2D eigenvalue weighted by atomic mass is 35.5. The number of nitrogen functional groups attached to an aromatic ring is 1. The van der Waals surface area contributed by atoms with E-state index in [1.807, 2.05) is 12.1 Å². The molecule has 0 bridgehead atoms. The largest absolute Gasteiger partial charge is 0.465 e. The molecule has 190 valence electrons. The topological polar surface area (TPSA) is 135 Å². The van der Waals surface area contributed by atoms with Crippen LogP contribution in [0.2, 0.25) is 5.02 Å². The van der Waals surface area contributed by atoms with Gasteiger partial charge in [-0.2, -0.15) is 5.10 Å². The number of carbonyl (C=O) groups excluding carboxylic acids is 2. The van der Waals surface area contributed by atoms with E-state index in [1.165, 1.54) is 7.11 Å². The molecule has 5 rings (SSSR count). The second-order valence-corrected chi connectivity index (χ2v) is 8.73. The van der Waals surface area contributed by atoms with Crippen LogP contribution in [0.1, 0.15) is 26.4 Å². The minimum atomic E-state index is -0.755. The Morgan fingerprint density at radius 2 is 1.82 bits per heavy atom. The van der Waals surface area contributed by atoms with Crippen LogP contribution < -0.4 is 5.73 Å². The Balaban J connectivity index is 1.52. The SMILES string of the molecule is COC(=O)c1ccc(COC(=O)c2nc(-c3cc(Cl)c4ncccc4c3)c(-c3ccn(C)n3)nc2N)cc1. The Hall–Kier alpha value is -4.83. The van der Waals surface area contributed by atoms with Crippen LogP contribution in [0.5, 0.6) is 0 Å². The number of fused-ring (bicyclic) bond motifs is 1. The lowest BCUT2D eigenvalue weighted by Gasteiger charge is -2.13. The zero-order valence-electron chi connectivity index (χ0n) is 20.4. The summed E-state index contributed by atoms with van der Waals surface area (Å²) in [4.78, 5) is 38.1. The van der Waals surface area contributed by atoms with Gasteiger partial charge in [0.05, 0.1) is 28.9 Å². The molecule has 0 aliphatic rings. The molecule has 11 heteroatoms. The maximum absolute atomic E-state index is 13.0. The molecule has 5 aromatic rings. The van der Waals surface area contributed by atoms with Crippen molar-refractivity contribution in [1.29, 1.82) is 0 Å². The number of aromatic nitrogens is 5. The van der Waals surface area contributed by atoms with Gasteiger partial charge in [-0.15, -0.1) is 0 Å². The summed E-state index contributed by atoms with van der Waals surface area (Å²) in [6.45, 7) is -0.0633. The molecular weight excluding hydrogens is 508 g/mol. The summed E-state index contributed by atoms with van der Waals surface area (Å²) in [5, 5.41) is 5.64. The van der Waals surface area contributed by atoms with Gasteiger partial charge in [-0.05, 0) is 42.0 Å². The molecule has 0 unspecified atom stereocenters. The van der Waals surface area contributed by atoms with E-state index < -0.39 is 11.9 Å². The van der Waals surface area contributed by atoms with Crippen molar-refractivity contribution in [2.75, 3.05) is 12.8 Å². The van der Waals surface area contributed by atoms with Crippen LogP contribution in [-0.2, 0) is 23.1 Å². The van der Waals surface area contributed by atoms with Crippen LogP contribution >= 0.6 is 11.6 Å². The Bertz CT molecular complexity index is 1680. The van der Waals surface area contributed by atoms with Crippen LogP contribution in [-0.4, -0.2) is 43.8 Å². The fraction of sp³-hybridized carbons (Fsp3) is 0.111. The maximum atomic E-state index is 13.0. The number of rotatable bonds is 6. The molecule has 0 aliphatic heterocycles. The third-order valence-corrected chi connectivity index (χ3v) is 6.04.